The third-order valence-corrected chi connectivity index (χ3v) is 3.32. The zero-order valence-corrected chi connectivity index (χ0v) is 11.4. The quantitative estimate of drug-likeness (QED) is 0.501. The van der Waals surface area contributed by atoms with Gasteiger partial charge in [-0.05, 0) is 26.0 Å². The Balaban J connectivity index is 2.37. The molecule has 1 aromatic rings. The number of hydrogen-bond donors (Lipinski definition) is 1. The summed E-state index contributed by atoms with van der Waals surface area (Å²) in [5, 5.41) is 11.0. The normalized spacial score (nSPS) is 22.6. The molecule has 0 bridgehead atoms. The molecule has 108 valence electrons. The van der Waals surface area contributed by atoms with Crippen molar-refractivity contribution in [2.75, 3.05) is 18.9 Å². The number of morpholine rings is 1. The second-order valence-electron chi connectivity index (χ2n) is 4.98. The predicted molar refractivity (Wildman–Crippen MR) is 73.4 cm³/mol. The van der Waals surface area contributed by atoms with Crippen molar-refractivity contribution in [2.45, 2.75) is 26.0 Å². The van der Waals surface area contributed by atoms with Gasteiger partial charge < -0.3 is 15.4 Å². The molecule has 1 fully saturated rings. The lowest BCUT2D eigenvalue weighted by molar-refractivity contribution is -0.385. The first kappa shape index (κ1) is 14.3. The number of hydrogen-bond acceptors (Lipinski definition) is 5. The van der Waals surface area contributed by atoms with E-state index in [9.17, 15) is 14.9 Å². The van der Waals surface area contributed by atoms with Gasteiger partial charge in [-0.1, -0.05) is 0 Å². The van der Waals surface area contributed by atoms with Gasteiger partial charge in [0.2, 0.25) is 0 Å². The van der Waals surface area contributed by atoms with Gasteiger partial charge in [0.25, 0.3) is 11.6 Å². The highest BCUT2D eigenvalue weighted by Crippen LogP contribution is 2.25. The standard InChI is InChI=1S/C13H17N3O4/c1-8-7-20-9(2)6-15(8)13(17)11-5-10(14)3-4-12(11)16(18)19/h3-5,8-9H,6-7,14H2,1-2H3. The first-order valence-electron chi connectivity index (χ1n) is 6.36. The minimum atomic E-state index is -0.568. The number of ether oxygens (including phenoxy) is 1. The van der Waals surface area contributed by atoms with Crippen LogP contribution in [0.4, 0.5) is 11.4 Å². The van der Waals surface area contributed by atoms with Crippen molar-refractivity contribution in [3.8, 4) is 0 Å². The minimum absolute atomic E-state index is 0.0240. The predicted octanol–water partition coefficient (Wildman–Crippen LogP) is 1.43. The summed E-state index contributed by atoms with van der Waals surface area (Å²) in [4.78, 5) is 24.6. The Hall–Kier alpha value is -2.15. The van der Waals surface area contributed by atoms with Crippen LogP contribution in [0.5, 0.6) is 0 Å². The number of amides is 1. The molecular weight excluding hydrogens is 262 g/mol. The highest BCUT2D eigenvalue weighted by Gasteiger charge is 2.31. The zero-order chi connectivity index (χ0) is 14.9. The summed E-state index contributed by atoms with van der Waals surface area (Å²) in [5.74, 6) is -0.383. The molecule has 1 amide bonds. The van der Waals surface area contributed by atoms with E-state index in [1.165, 1.54) is 18.2 Å². The number of rotatable bonds is 2. The van der Waals surface area contributed by atoms with Gasteiger partial charge >= 0.3 is 0 Å². The molecule has 1 aromatic carbocycles. The Morgan fingerprint density at radius 3 is 2.85 bits per heavy atom. The molecule has 0 radical (unpaired) electrons. The summed E-state index contributed by atoms with van der Waals surface area (Å²) in [6.07, 6.45) is -0.0877. The van der Waals surface area contributed by atoms with E-state index < -0.39 is 4.92 Å². The average Bonchev–Trinajstić information content (AvgIpc) is 2.40. The summed E-state index contributed by atoms with van der Waals surface area (Å²) in [5.41, 5.74) is 5.76. The molecule has 7 heteroatoms. The number of benzene rings is 1. The molecule has 0 aromatic heterocycles. The summed E-state index contributed by atoms with van der Waals surface area (Å²) in [6.45, 7) is 4.54. The van der Waals surface area contributed by atoms with Crippen LogP contribution in [0.1, 0.15) is 24.2 Å². The van der Waals surface area contributed by atoms with Crippen LogP contribution in [0.15, 0.2) is 18.2 Å². The number of anilines is 1. The smallest absolute Gasteiger partial charge is 0.282 e. The maximum Gasteiger partial charge on any atom is 0.282 e. The zero-order valence-electron chi connectivity index (χ0n) is 11.4. The molecule has 2 N–H and O–H groups in total. The van der Waals surface area contributed by atoms with E-state index in [4.69, 9.17) is 10.5 Å². The lowest BCUT2D eigenvalue weighted by atomic mass is 10.1. The number of nitro benzene ring substituents is 1. The Morgan fingerprint density at radius 2 is 2.20 bits per heavy atom. The van der Waals surface area contributed by atoms with Gasteiger partial charge in [0.1, 0.15) is 5.56 Å². The van der Waals surface area contributed by atoms with E-state index in [2.05, 4.69) is 0 Å². The van der Waals surface area contributed by atoms with E-state index in [0.717, 1.165) is 0 Å². The van der Waals surface area contributed by atoms with Crippen LogP contribution in [0.2, 0.25) is 0 Å². The highest BCUT2D eigenvalue weighted by molar-refractivity contribution is 5.99. The van der Waals surface area contributed by atoms with Crippen LogP contribution >= 0.6 is 0 Å². The maximum absolute atomic E-state index is 12.5. The fraction of sp³-hybridized carbons (Fsp3) is 0.462. The van der Waals surface area contributed by atoms with Crippen molar-refractivity contribution in [1.29, 1.82) is 0 Å². The second-order valence-corrected chi connectivity index (χ2v) is 4.98. The topological polar surface area (TPSA) is 98.7 Å². The Bertz CT molecular complexity index is 546. The molecule has 0 saturated carbocycles. The van der Waals surface area contributed by atoms with Crippen LogP contribution in [-0.4, -0.2) is 41.0 Å². The van der Waals surface area contributed by atoms with Gasteiger partial charge in [0.05, 0.1) is 23.7 Å². The largest absolute Gasteiger partial charge is 0.399 e. The average molecular weight is 279 g/mol. The Labute approximate surface area is 116 Å². The number of nitro groups is 1. The van der Waals surface area contributed by atoms with Crippen molar-refractivity contribution >= 4 is 17.3 Å². The van der Waals surface area contributed by atoms with Crippen LogP contribution < -0.4 is 5.73 Å². The second kappa shape index (κ2) is 5.46. The molecule has 20 heavy (non-hydrogen) atoms. The molecule has 7 nitrogen and oxygen atoms in total. The van der Waals surface area contributed by atoms with Crippen molar-refractivity contribution in [3.63, 3.8) is 0 Å². The molecule has 2 unspecified atom stereocenters. The SMILES string of the molecule is CC1CN(C(=O)c2cc(N)ccc2[N+](=O)[O-])C(C)CO1. The van der Waals surface area contributed by atoms with Gasteiger partial charge in [0, 0.05) is 18.3 Å². The van der Waals surface area contributed by atoms with E-state index in [1.54, 1.807) is 4.90 Å². The monoisotopic (exact) mass is 279 g/mol. The van der Waals surface area contributed by atoms with Gasteiger partial charge in [-0.15, -0.1) is 0 Å². The molecule has 1 aliphatic rings. The lowest BCUT2D eigenvalue weighted by Gasteiger charge is -2.36. The van der Waals surface area contributed by atoms with Crippen molar-refractivity contribution in [1.82, 2.24) is 4.90 Å². The minimum Gasteiger partial charge on any atom is -0.399 e. The van der Waals surface area contributed by atoms with Crippen LogP contribution in [0.25, 0.3) is 0 Å². The molecule has 0 aliphatic carbocycles. The number of nitrogens with two attached hydrogens (primary N) is 1. The van der Waals surface area contributed by atoms with Gasteiger partial charge in [-0.3, -0.25) is 14.9 Å². The van der Waals surface area contributed by atoms with Gasteiger partial charge in [0.15, 0.2) is 0 Å². The number of nitrogen functional groups attached to an aromatic ring is 1. The summed E-state index contributed by atoms with van der Waals surface area (Å²) >= 11 is 0. The maximum atomic E-state index is 12.5. The number of nitrogens with zero attached hydrogens (tertiary/aromatic N) is 2. The van der Waals surface area contributed by atoms with Crippen molar-refractivity contribution < 1.29 is 14.5 Å². The molecule has 0 spiro atoms. The molecule has 2 rings (SSSR count). The first-order chi connectivity index (χ1) is 9.40. The molecule has 1 aliphatic heterocycles. The van der Waals surface area contributed by atoms with Crippen molar-refractivity contribution in [3.05, 3.63) is 33.9 Å². The molecule has 1 heterocycles. The summed E-state index contributed by atoms with van der Waals surface area (Å²) < 4.78 is 5.46. The van der Waals surface area contributed by atoms with E-state index in [1.807, 2.05) is 13.8 Å². The fourth-order valence-corrected chi connectivity index (χ4v) is 2.23. The third kappa shape index (κ3) is 2.72. The van der Waals surface area contributed by atoms with E-state index >= 15 is 0 Å². The number of carbonyl (C=O) groups excluding carboxylic acids is 1. The molecule has 2 atom stereocenters. The summed E-state index contributed by atoms with van der Waals surface area (Å²) in [6, 6.07) is 3.91. The van der Waals surface area contributed by atoms with Crippen molar-refractivity contribution in [2.24, 2.45) is 0 Å². The Morgan fingerprint density at radius 1 is 1.50 bits per heavy atom. The first-order valence-corrected chi connectivity index (χ1v) is 6.36. The Kier molecular flexibility index (Phi) is 3.89. The highest BCUT2D eigenvalue weighted by atomic mass is 16.6. The third-order valence-electron chi connectivity index (χ3n) is 3.32. The molecular formula is C13H17N3O4. The molecule has 1 saturated heterocycles. The van der Waals surface area contributed by atoms with Crippen LogP contribution in [0, 0.1) is 10.1 Å². The fourth-order valence-electron chi connectivity index (χ4n) is 2.23. The van der Waals surface area contributed by atoms with E-state index in [-0.39, 0.29) is 29.3 Å². The van der Waals surface area contributed by atoms with Crippen LogP contribution in [0.3, 0.4) is 0 Å². The van der Waals surface area contributed by atoms with Crippen LogP contribution in [-0.2, 0) is 4.74 Å². The lowest BCUT2D eigenvalue weighted by Crippen LogP contribution is -2.50. The number of carbonyl (C=O) groups is 1. The van der Waals surface area contributed by atoms with Gasteiger partial charge in [-0.2, -0.15) is 0 Å². The summed E-state index contributed by atoms with van der Waals surface area (Å²) in [7, 11) is 0. The van der Waals surface area contributed by atoms with E-state index in [0.29, 0.717) is 18.8 Å². The van der Waals surface area contributed by atoms with Gasteiger partial charge in [-0.25, -0.2) is 0 Å².